The lowest BCUT2D eigenvalue weighted by Crippen LogP contribution is -2.42. The molecule has 4 heterocycles. The number of aromatic amines is 1. The average Bonchev–Trinajstić information content (AvgIpc) is 3.28. The molecule has 31 heavy (non-hydrogen) atoms. The Kier molecular flexibility index (Phi) is 9.62. The zero-order valence-electron chi connectivity index (χ0n) is 17.1. The van der Waals surface area contributed by atoms with Gasteiger partial charge in [0, 0.05) is 18.9 Å². The van der Waals surface area contributed by atoms with E-state index >= 15 is 0 Å². The van der Waals surface area contributed by atoms with Crippen molar-refractivity contribution < 1.29 is 28.1 Å². The molecule has 0 bridgehead atoms. The number of rotatable bonds is 1. The Hall–Kier alpha value is -2.28. The molecule has 12 heteroatoms. The van der Waals surface area contributed by atoms with Crippen LogP contribution in [0.15, 0.2) is 35.4 Å². The maximum Gasteiger partial charge on any atom is 0.431 e. The number of hydrogen-bond acceptors (Lipinski definition) is 7. The van der Waals surface area contributed by atoms with E-state index in [0.29, 0.717) is 19.1 Å². The summed E-state index contributed by atoms with van der Waals surface area (Å²) in [6.45, 7) is 4.52. The van der Waals surface area contributed by atoms with Crippen molar-refractivity contribution in [1.29, 1.82) is 0 Å². The number of H-pyrrole nitrogens is 1. The van der Waals surface area contributed by atoms with Crippen molar-refractivity contribution >= 4 is 0 Å². The van der Waals surface area contributed by atoms with Gasteiger partial charge in [-0.2, -0.15) is 13.2 Å². The van der Waals surface area contributed by atoms with Gasteiger partial charge < -0.3 is 25.3 Å². The van der Waals surface area contributed by atoms with Gasteiger partial charge in [-0.3, -0.25) is 4.79 Å². The Morgan fingerprint density at radius 3 is 2.39 bits per heavy atom. The minimum atomic E-state index is -4.47. The minimum absolute atomic E-state index is 0.214. The average molecular weight is 447 g/mol. The Morgan fingerprint density at radius 1 is 1.19 bits per heavy atom. The molecular formula is C19H28F3N5O4. The Morgan fingerprint density at radius 2 is 1.90 bits per heavy atom. The molecule has 9 nitrogen and oxygen atoms in total. The third kappa shape index (κ3) is 8.40. The molecular weight excluding hydrogens is 419 g/mol. The van der Waals surface area contributed by atoms with E-state index in [1.54, 1.807) is 18.1 Å². The van der Waals surface area contributed by atoms with Crippen molar-refractivity contribution in [2.45, 2.75) is 56.7 Å². The van der Waals surface area contributed by atoms with Crippen molar-refractivity contribution in [1.82, 2.24) is 25.3 Å². The molecule has 0 saturated carbocycles. The van der Waals surface area contributed by atoms with E-state index in [0.717, 1.165) is 31.3 Å². The summed E-state index contributed by atoms with van der Waals surface area (Å²) in [4.78, 5) is 12.0. The number of hydrogen-bond donors (Lipinski definition) is 4. The van der Waals surface area contributed by atoms with Crippen LogP contribution in [0.4, 0.5) is 13.2 Å². The van der Waals surface area contributed by atoms with Gasteiger partial charge in [0.15, 0.2) is 0 Å². The molecule has 2 aliphatic heterocycles. The van der Waals surface area contributed by atoms with Gasteiger partial charge in [0.1, 0.15) is 11.8 Å². The predicted octanol–water partition coefficient (Wildman–Crippen LogP) is 1.11. The predicted molar refractivity (Wildman–Crippen MR) is 105 cm³/mol. The first-order valence-corrected chi connectivity index (χ1v) is 9.99. The van der Waals surface area contributed by atoms with Crippen LogP contribution in [0.2, 0.25) is 0 Å². The summed E-state index contributed by atoms with van der Waals surface area (Å²) in [6, 6.07) is 3.46. The van der Waals surface area contributed by atoms with Crippen LogP contribution < -0.4 is 10.9 Å². The van der Waals surface area contributed by atoms with Crippen LogP contribution in [-0.4, -0.2) is 68.2 Å². The van der Waals surface area contributed by atoms with Crippen LogP contribution >= 0.6 is 0 Å². The number of alkyl halides is 3. The number of piperidine rings is 1. The molecule has 2 aromatic rings. The van der Waals surface area contributed by atoms with Crippen molar-refractivity contribution in [3.05, 3.63) is 46.6 Å². The Bertz CT molecular complexity index is 799. The molecule has 2 aromatic heterocycles. The van der Waals surface area contributed by atoms with Gasteiger partial charge in [0.2, 0.25) is 5.56 Å². The molecule has 0 aliphatic carbocycles. The molecule has 2 aliphatic rings. The van der Waals surface area contributed by atoms with Crippen LogP contribution in [0.5, 0.6) is 0 Å². The molecule has 0 radical (unpaired) electrons. The number of pyridine rings is 1. The maximum atomic E-state index is 11.8. The Labute approximate surface area is 177 Å². The van der Waals surface area contributed by atoms with Gasteiger partial charge >= 0.3 is 6.18 Å². The van der Waals surface area contributed by atoms with E-state index in [9.17, 15) is 18.0 Å². The number of aliphatic hydroxyl groups excluding tert-OH is 2. The number of ether oxygens (including phenoxy) is 1. The van der Waals surface area contributed by atoms with Gasteiger partial charge in [0.25, 0.3) is 0 Å². The normalized spacial score (nSPS) is 24.4. The molecule has 174 valence electrons. The fraction of sp³-hybridized carbons (Fsp3) is 0.632. The number of aromatic nitrogens is 4. The van der Waals surface area contributed by atoms with E-state index in [1.807, 2.05) is 10.9 Å². The Balaban J connectivity index is 0.000000166. The molecule has 3 unspecified atom stereocenters. The molecule has 0 amide bonds. The lowest BCUT2D eigenvalue weighted by molar-refractivity contribution is -0.141. The lowest BCUT2D eigenvalue weighted by atomic mass is 10.0. The summed E-state index contributed by atoms with van der Waals surface area (Å²) in [6.07, 6.45) is 0.595. The summed E-state index contributed by atoms with van der Waals surface area (Å²) in [5.41, 5.74) is -1.77. The van der Waals surface area contributed by atoms with E-state index in [-0.39, 0.29) is 6.10 Å². The maximum absolute atomic E-state index is 11.8. The third-order valence-electron chi connectivity index (χ3n) is 4.87. The molecule has 4 N–H and O–H groups in total. The molecule has 2 saturated heterocycles. The van der Waals surface area contributed by atoms with Crippen LogP contribution in [-0.2, 0) is 10.9 Å². The summed E-state index contributed by atoms with van der Waals surface area (Å²) in [7, 11) is 0. The standard InChI is InChI=1S/C7H12N4.C6H4F3NO.C6H12O3/c1-3-8-4-2-7(1)11-6-5-9-10-11;7-6(8,9)4-2-1-3-5(11)10-4;1-4-6(8)5(7)2-3-9-4/h5-8H,1-4H2;1-3H,(H,10,11);4-8H,2-3H2,1H3. The molecule has 3 atom stereocenters. The zero-order chi connectivity index (χ0) is 22.9. The van der Waals surface area contributed by atoms with Crippen LogP contribution in [0, 0.1) is 0 Å². The third-order valence-corrected chi connectivity index (χ3v) is 4.87. The highest BCUT2D eigenvalue weighted by Gasteiger charge is 2.31. The monoisotopic (exact) mass is 447 g/mol. The van der Waals surface area contributed by atoms with Crippen molar-refractivity contribution in [2.24, 2.45) is 0 Å². The quantitative estimate of drug-likeness (QED) is 0.516. The van der Waals surface area contributed by atoms with Crippen molar-refractivity contribution in [3.63, 3.8) is 0 Å². The number of nitrogens with one attached hydrogen (secondary N) is 2. The van der Waals surface area contributed by atoms with Crippen molar-refractivity contribution in [3.8, 4) is 0 Å². The fourth-order valence-corrected chi connectivity index (χ4v) is 3.05. The summed E-state index contributed by atoms with van der Waals surface area (Å²) >= 11 is 0. The number of halogens is 3. The minimum Gasteiger partial charge on any atom is -0.390 e. The SMILES string of the molecule is CC1OCCC(O)C1O.O=c1cccc(C(F)(F)F)[nH]1.c1cn(C2CCNCC2)nn1. The van der Waals surface area contributed by atoms with Gasteiger partial charge in [-0.15, -0.1) is 5.10 Å². The van der Waals surface area contributed by atoms with Crippen LogP contribution in [0.3, 0.4) is 0 Å². The first-order chi connectivity index (χ1) is 14.7. The molecule has 0 aromatic carbocycles. The number of nitrogens with zero attached hydrogens (tertiary/aromatic N) is 3. The van der Waals surface area contributed by atoms with E-state index in [1.165, 1.54) is 12.8 Å². The first-order valence-electron chi connectivity index (χ1n) is 9.99. The highest BCUT2D eigenvalue weighted by atomic mass is 19.4. The van der Waals surface area contributed by atoms with Gasteiger partial charge in [-0.05, 0) is 45.3 Å². The topological polar surface area (TPSA) is 125 Å². The van der Waals surface area contributed by atoms with Gasteiger partial charge in [-0.1, -0.05) is 11.3 Å². The van der Waals surface area contributed by atoms with Gasteiger partial charge in [-0.25, -0.2) is 4.68 Å². The second-order valence-corrected chi connectivity index (χ2v) is 7.21. The fourth-order valence-electron chi connectivity index (χ4n) is 3.05. The summed E-state index contributed by atoms with van der Waals surface area (Å²) in [5.74, 6) is 0. The first kappa shape index (κ1) is 25.0. The van der Waals surface area contributed by atoms with Crippen molar-refractivity contribution in [2.75, 3.05) is 19.7 Å². The molecule has 0 spiro atoms. The van der Waals surface area contributed by atoms with Gasteiger partial charge in [0.05, 0.1) is 24.4 Å². The summed E-state index contributed by atoms with van der Waals surface area (Å²) in [5, 5.41) is 29.2. The molecule has 4 rings (SSSR count). The number of aliphatic hydroxyl groups is 2. The smallest absolute Gasteiger partial charge is 0.390 e. The van der Waals surface area contributed by atoms with E-state index < -0.39 is 29.6 Å². The zero-order valence-corrected chi connectivity index (χ0v) is 17.1. The lowest BCUT2D eigenvalue weighted by Gasteiger charge is -2.29. The second kappa shape index (κ2) is 11.9. The molecule has 2 fully saturated rings. The second-order valence-electron chi connectivity index (χ2n) is 7.21. The van der Waals surface area contributed by atoms with E-state index in [2.05, 4.69) is 15.6 Å². The summed E-state index contributed by atoms with van der Waals surface area (Å²) < 4.78 is 42.4. The van der Waals surface area contributed by atoms with Crippen LogP contribution in [0.1, 0.15) is 37.9 Å². The van der Waals surface area contributed by atoms with Crippen LogP contribution in [0.25, 0.3) is 0 Å². The van der Waals surface area contributed by atoms with E-state index in [4.69, 9.17) is 14.9 Å². The highest BCUT2D eigenvalue weighted by molar-refractivity contribution is 5.06. The highest BCUT2D eigenvalue weighted by Crippen LogP contribution is 2.25. The largest absolute Gasteiger partial charge is 0.431 e.